The molecule has 2 N–H and O–H groups in total. The van der Waals surface area contributed by atoms with Crippen molar-refractivity contribution in [3.05, 3.63) is 35.1 Å². The van der Waals surface area contributed by atoms with E-state index in [1.165, 1.54) is 13.2 Å². The summed E-state index contributed by atoms with van der Waals surface area (Å²) in [4.78, 5) is 13.1. The molecule has 1 rings (SSSR count). The summed E-state index contributed by atoms with van der Waals surface area (Å²) < 4.78 is 17.9. The SMILES string of the molecule is CCN(CC(=O)OC)Cc1ccc(F)c(CN)c1. The predicted molar refractivity (Wildman–Crippen MR) is 67.3 cm³/mol. The molecule has 0 aliphatic carbocycles. The molecule has 100 valence electrons. The van der Waals surface area contributed by atoms with E-state index in [-0.39, 0.29) is 24.9 Å². The first-order chi connectivity index (χ1) is 8.60. The van der Waals surface area contributed by atoms with E-state index in [1.54, 1.807) is 12.1 Å². The molecule has 0 aliphatic heterocycles. The highest BCUT2D eigenvalue weighted by molar-refractivity contribution is 5.71. The van der Waals surface area contributed by atoms with Crippen LogP contribution >= 0.6 is 0 Å². The Morgan fingerprint density at radius 1 is 1.50 bits per heavy atom. The second-order valence-corrected chi connectivity index (χ2v) is 4.01. The fraction of sp³-hybridized carbons (Fsp3) is 0.462. The van der Waals surface area contributed by atoms with Gasteiger partial charge in [-0.2, -0.15) is 0 Å². The van der Waals surface area contributed by atoms with E-state index >= 15 is 0 Å². The van der Waals surface area contributed by atoms with Gasteiger partial charge in [0.1, 0.15) is 5.82 Å². The Morgan fingerprint density at radius 3 is 2.78 bits per heavy atom. The zero-order valence-corrected chi connectivity index (χ0v) is 10.8. The summed E-state index contributed by atoms with van der Waals surface area (Å²) in [5.74, 6) is -0.574. The minimum Gasteiger partial charge on any atom is -0.468 e. The lowest BCUT2D eigenvalue weighted by Crippen LogP contribution is -2.30. The van der Waals surface area contributed by atoms with E-state index in [2.05, 4.69) is 4.74 Å². The third kappa shape index (κ3) is 4.09. The largest absolute Gasteiger partial charge is 0.468 e. The summed E-state index contributed by atoms with van der Waals surface area (Å²) in [5.41, 5.74) is 6.88. The fourth-order valence-corrected chi connectivity index (χ4v) is 1.67. The Hall–Kier alpha value is -1.46. The molecule has 0 aliphatic rings. The first-order valence-corrected chi connectivity index (χ1v) is 5.87. The number of hydrogen-bond donors (Lipinski definition) is 1. The van der Waals surface area contributed by atoms with Gasteiger partial charge in [-0.3, -0.25) is 9.69 Å². The average Bonchev–Trinajstić information content (AvgIpc) is 2.39. The average molecular weight is 254 g/mol. The van der Waals surface area contributed by atoms with Crippen LogP contribution in [0.15, 0.2) is 18.2 Å². The van der Waals surface area contributed by atoms with Crippen LogP contribution in [-0.2, 0) is 22.6 Å². The number of hydrogen-bond acceptors (Lipinski definition) is 4. The van der Waals surface area contributed by atoms with E-state index in [0.717, 1.165) is 5.56 Å². The number of methoxy groups -OCH3 is 1. The second-order valence-electron chi connectivity index (χ2n) is 4.01. The molecule has 0 fully saturated rings. The molecule has 18 heavy (non-hydrogen) atoms. The maximum Gasteiger partial charge on any atom is 0.319 e. The summed E-state index contributed by atoms with van der Waals surface area (Å²) >= 11 is 0. The van der Waals surface area contributed by atoms with Crippen LogP contribution in [0.3, 0.4) is 0 Å². The number of benzene rings is 1. The number of ether oxygens (including phenoxy) is 1. The van der Waals surface area contributed by atoms with Crippen LogP contribution in [0.4, 0.5) is 4.39 Å². The van der Waals surface area contributed by atoms with Gasteiger partial charge in [-0.05, 0) is 18.2 Å². The summed E-state index contributed by atoms with van der Waals surface area (Å²) in [6.07, 6.45) is 0. The number of likely N-dealkylation sites (N-methyl/N-ethyl adjacent to an activating group) is 1. The number of nitrogens with zero attached hydrogens (tertiary/aromatic N) is 1. The van der Waals surface area contributed by atoms with Crippen LogP contribution in [0, 0.1) is 5.82 Å². The summed E-state index contributed by atoms with van der Waals surface area (Å²) in [5, 5.41) is 0. The Morgan fingerprint density at radius 2 is 2.22 bits per heavy atom. The molecule has 1 aromatic carbocycles. The van der Waals surface area contributed by atoms with Crippen LogP contribution in [0.2, 0.25) is 0 Å². The molecular weight excluding hydrogens is 235 g/mol. The third-order valence-corrected chi connectivity index (χ3v) is 2.76. The van der Waals surface area contributed by atoms with Crippen molar-refractivity contribution in [3.63, 3.8) is 0 Å². The number of nitrogens with two attached hydrogens (primary N) is 1. The molecular formula is C13H19FN2O2. The Bertz CT molecular complexity index is 410. The first kappa shape index (κ1) is 14.6. The van der Waals surface area contributed by atoms with E-state index < -0.39 is 0 Å². The van der Waals surface area contributed by atoms with Crippen molar-refractivity contribution in [2.24, 2.45) is 5.73 Å². The van der Waals surface area contributed by atoms with Crippen molar-refractivity contribution in [3.8, 4) is 0 Å². The Labute approximate surface area is 107 Å². The van der Waals surface area contributed by atoms with Gasteiger partial charge in [0.25, 0.3) is 0 Å². The van der Waals surface area contributed by atoms with E-state index in [0.29, 0.717) is 18.7 Å². The van der Waals surface area contributed by atoms with Gasteiger partial charge in [0.05, 0.1) is 13.7 Å². The van der Waals surface area contributed by atoms with Gasteiger partial charge in [0, 0.05) is 18.7 Å². The van der Waals surface area contributed by atoms with Gasteiger partial charge in [0.15, 0.2) is 0 Å². The Balaban J connectivity index is 2.72. The molecule has 5 heteroatoms. The number of esters is 1. The molecule has 0 saturated heterocycles. The molecule has 0 saturated carbocycles. The van der Waals surface area contributed by atoms with Crippen LogP contribution in [-0.4, -0.2) is 31.1 Å². The third-order valence-electron chi connectivity index (χ3n) is 2.76. The normalized spacial score (nSPS) is 10.7. The predicted octanol–water partition coefficient (Wildman–Crippen LogP) is 1.28. The van der Waals surface area contributed by atoms with Gasteiger partial charge in [-0.25, -0.2) is 4.39 Å². The van der Waals surface area contributed by atoms with E-state index in [4.69, 9.17) is 5.73 Å². The van der Waals surface area contributed by atoms with E-state index in [1.807, 2.05) is 11.8 Å². The molecule has 0 heterocycles. The molecule has 0 unspecified atom stereocenters. The lowest BCUT2D eigenvalue weighted by atomic mass is 10.1. The smallest absolute Gasteiger partial charge is 0.319 e. The standard InChI is InChI=1S/C13H19FN2O2/c1-3-16(9-13(17)18-2)8-10-4-5-12(14)11(6-10)7-15/h4-6H,3,7-9,15H2,1-2H3. The van der Waals surface area contributed by atoms with Crippen LogP contribution in [0.25, 0.3) is 0 Å². The molecule has 0 spiro atoms. The molecule has 0 amide bonds. The maximum atomic E-state index is 13.3. The summed E-state index contributed by atoms with van der Waals surface area (Å²) in [6, 6.07) is 4.84. The zero-order chi connectivity index (χ0) is 13.5. The molecule has 0 radical (unpaired) electrons. The first-order valence-electron chi connectivity index (χ1n) is 5.87. The van der Waals surface area contributed by atoms with Crippen LogP contribution < -0.4 is 5.73 Å². The lowest BCUT2D eigenvalue weighted by Gasteiger charge is -2.19. The van der Waals surface area contributed by atoms with Crippen molar-refractivity contribution in [2.75, 3.05) is 20.2 Å². The number of carbonyl (C=O) groups is 1. The molecule has 4 nitrogen and oxygen atoms in total. The lowest BCUT2D eigenvalue weighted by molar-refractivity contribution is -0.142. The van der Waals surface area contributed by atoms with Crippen LogP contribution in [0.1, 0.15) is 18.1 Å². The van der Waals surface area contributed by atoms with Gasteiger partial charge >= 0.3 is 5.97 Å². The van der Waals surface area contributed by atoms with Gasteiger partial charge < -0.3 is 10.5 Å². The topological polar surface area (TPSA) is 55.6 Å². The zero-order valence-electron chi connectivity index (χ0n) is 10.8. The molecule has 0 bridgehead atoms. The summed E-state index contributed by atoms with van der Waals surface area (Å²) in [6.45, 7) is 3.63. The van der Waals surface area contributed by atoms with Gasteiger partial charge in [-0.15, -0.1) is 0 Å². The number of carbonyl (C=O) groups excluding carboxylic acids is 1. The summed E-state index contributed by atoms with van der Waals surface area (Å²) in [7, 11) is 1.36. The van der Waals surface area contributed by atoms with Crippen molar-refractivity contribution in [1.29, 1.82) is 0 Å². The van der Waals surface area contributed by atoms with Crippen molar-refractivity contribution in [1.82, 2.24) is 4.90 Å². The van der Waals surface area contributed by atoms with Crippen molar-refractivity contribution < 1.29 is 13.9 Å². The maximum absolute atomic E-state index is 13.3. The monoisotopic (exact) mass is 254 g/mol. The minimum absolute atomic E-state index is 0.169. The van der Waals surface area contributed by atoms with Crippen LogP contribution in [0.5, 0.6) is 0 Å². The quantitative estimate of drug-likeness (QED) is 0.777. The van der Waals surface area contributed by atoms with Gasteiger partial charge in [0.2, 0.25) is 0 Å². The van der Waals surface area contributed by atoms with Crippen molar-refractivity contribution >= 4 is 5.97 Å². The molecule has 0 atom stereocenters. The number of rotatable bonds is 6. The molecule has 0 aromatic heterocycles. The fourth-order valence-electron chi connectivity index (χ4n) is 1.67. The Kier molecular flexibility index (Phi) is 5.74. The highest BCUT2D eigenvalue weighted by Gasteiger charge is 2.10. The molecule has 1 aromatic rings. The highest BCUT2D eigenvalue weighted by Crippen LogP contribution is 2.12. The minimum atomic E-state index is -0.294. The second kappa shape index (κ2) is 7.08. The van der Waals surface area contributed by atoms with Crippen molar-refractivity contribution in [2.45, 2.75) is 20.0 Å². The number of halogens is 1. The van der Waals surface area contributed by atoms with E-state index in [9.17, 15) is 9.18 Å². The highest BCUT2D eigenvalue weighted by atomic mass is 19.1. The van der Waals surface area contributed by atoms with Gasteiger partial charge in [-0.1, -0.05) is 19.1 Å².